The number of ether oxygens (including phenoxy) is 1. The average molecular weight is 332 g/mol. The molecule has 21 heavy (non-hydrogen) atoms. The van der Waals surface area contributed by atoms with Gasteiger partial charge in [0.2, 0.25) is 10.0 Å². The topological polar surface area (TPSA) is 66.8 Å². The molecule has 1 saturated heterocycles. The van der Waals surface area contributed by atoms with E-state index in [1.165, 1.54) is 17.5 Å². The summed E-state index contributed by atoms with van der Waals surface area (Å²) in [5.41, 5.74) is -0.852. The van der Waals surface area contributed by atoms with Crippen LogP contribution in [0, 0.1) is 0 Å². The van der Waals surface area contributed by atoms with Crippen molar-refractivity contribution in [2.24, 2.45) is 0 Å². The number of rotatable bonds is 4. The molecule has 1 unspecified atom stereocenters. The minimum atomic E-state index is -3.73. The highest BCUT2D eigenvalue weighted by Gasteiger charge is 2.54. The Morgan fingerprint density at radius 1 is 1.43 bits per heavy atom. The first-order valence-electron chi connectivity index (χ1n) is 6.96. The number of halogens is 1. The molecule has 0 spiro atoms. The molecular formula is C14H18ClNO4S. The van der Waals surface area contributed by atoms with Crippen molar-refractivity contribution in [3.8, 4) is 5.75 Å². The van der Waals surface area contributed by atoms with Crippen molar-refractivity contribution >= 4 is 21.6 Å². The highest BCUT2D eigenvalue weighted by Crippen LogP contribution is 2.46. The lowest BCUT2D eigenvalue weighted by Crippen LogP contribution is -2.44. The second-order valence-electron chi connectivity index (χ2n) is 5.67. The van der Waals surface area contributed by atoms with Gasteiger partial charge in [0.1, 0.15) is 10.6 Å². The highest BCUT2D eigenvalue weighted by atomic mass is 35.5. The summed E-state index contributed by atoms with van der Waals surface area (Å²) < 4.78 is 32.4. The lowest BCUT2D eigenvalue weighted by Gasteiger charge is -2.28. The van der Waals surface area contributed by atoms with Crippen LogP contribution >= 0.6 is 11.6 Å². The molecule has 2 aliphatic rings. The minimum Gasteiger partial charge on any atom is -0.495 e. The van der Waals surface area contributed by atoms with Crippen LogP contribution in [0.1, 0.15) is 25.7 Å². The van der Waals surface area contributed by atoms with Crippen molar-refractivity contribution in [1.82, 2.24) is 4.31 Å². The van der Waals surface area contributed by atoms with Crippen LogP contribution < -0.4 is 4.74 Å². The standard InChI is InChI=1S/C14H18ClNO4S/c1-20-11-5-4-10(15)9-12(11)21(18,19)16-8-2-3-13(16)14(17)6-7-14/h4-5,9,13,17H,2-3,6-8H2,1H3. The van der Waals surface area contributed by atoms with Crippen LogP contribution in [0.4, 0.5) is 0 Å². The predicted molar refractivity (Wildman–Crippen MR) is 79.1 cm³/mol. The van der Waals surface area contributed by atoms with E-state index in [4.69, 9.17) is 16.3 Å². The number of methoxy groups -OCH3 is 1. The monoisotopic (exact) mass is 331 g/mol. The Morgan fingerprint density at radius 2 is 2.14 bits per heavy atom. The summed E-state index contributed by atoms with van der Waals surface area (Å²) in [7, 11) is -2.30. The molecule has 1 aliphatic heterocycles. The fourth-order valence-corrected chi connectivity index (χ4v) is 5.18. The van der Waals surface area contributed by atoms with Gasteiger partial charge in [-0.3, -0.25) is 0 Å². The van der Waals surface area contributed by atoms with Crippen LogP contribution in [-0.2, 0) is 10.0 Å². The zero-order chi connectivity index (χ0) is 15.3. The van der Waals surface area contributed by atoms with E-state index in [1.807, 2.05) is 0 Å². The summed E-state index contributed by atoms with van der Waals surface area (Å²) in [6.45, 7) is 0.422. The zero-order valence-electron chi connectivity index (χ0n) is 11.8. The largest absolute Gasteiger partial charge is 0.495 e. The Labute approximate surface area is 129 Å². The average Bonchev–Trinajstić information content (AvgIpc) is 3.01. The zero-order valence-corrected chi connectivity index (χ0v) is 13.3. The number of aliphatic hydroxyl groups is 1. The van der Waals surface area contributed by atoms with Crippen LogP contribution in [0.5, 0.6) is 5.75 Å². The van der Waals surface area contributed by atoms with Gasteiger partial charge >= 0.3 is 0 Å². The smallest absolute Gasteiger partial charge is 0.247 e. The van der Waals surface area contributed by atoms with E-state index in [9.17, 15) is 13.5 Å². The van der Waals surface area contributed by atoms with Gasteiger partial charge < -0.3 is 9.84 Å². The molecule has 0 amide bonds. The molecule has 2 fully saturated rings. The first-order chi connectivity index (χ1) is 9.88. The third kappa shape index (κ3) is 2.54. The molecule has 0 bridgehead atoms. The van der Waals surface area contributed by atoms with Gasteiger partial charge in [0.25, 0.3) is 0 Å². The lowest BCUT2D eigenvalue weighted by atomic mass is 10.1. The van der Waals surface area contributed by atoms with E-state index in [1.54, 1.807) is 12.1 Å². The van der Waals surface area contributed by atoms with Crippen molar-refractivity contribution < 1.29 is 18.3 Å². The molecular weight excluding hydrogens is 314 g/mol. The van der Waals surface area contributed by atoms with Gasteiger partial charge in [-0.25, -0.2) is 8.42 Å². The molecule has 3 rings (SSSR count). The normalized spacial score (nSPS) is 25.0. The quantitative estimate of drug-likeness (QED) is 0.916. The fraction of sp³-hybridized carbons (Fsp3) is 0.571. The molecule has 5 nitrogen and oxygen atoms in total. The second-order valence-corrected chi connectivity index (χ2v) is 7.97. The molecule has 1 aromatic rings. The van der Waals surface area contributed by atoms with Gasteiger partial charge in [0.05, 0.1) is 18.8 Å². The molecule has 1 aromatic carbocycles. The van der Waals surface area contributed by atoms with Crippen LogP contribution in [-0.4, -0.2) is 43.1 Å². The molecule has 1 aliphatic carbocycles. The number of hydrogen-bond donors (Lipinski definition) is 1. The molecule has 1 saturated carbocycles. The Kier molecular flexibility index (Phi) is 3.68. The minimum absolute atomic E-state index is 0.0636. The second kappa shape index (κ2) is 5.12. The predicted octanol–water partition coefficient (Wildman–Crippen LogP) is 2.03. The van der Waals surface area contributed by atoms with Crippen molar-refractivity contribution in [3.05, 3.63) is 23.2 Å². The van der Waals surface area contributed by atoms with Gasteiger partial charge in [-0.2, -0.15) is 4.31 Å². The summed E-state index contributed by atoms with van der Waals surface area (Å²) in [5.74, 6) is 0.271. The molecule has 0 aromatic heterocycles. The maximum atomic E-state index is 12.9. The van der Waals surface area contributed by atoms with Crippen LogP contribution in [0.15, 0.2) is 23.1 Å². The summed E-state index contributed by atoms with van der Waals surface area (Å²) in [6.07, 6.45) is 2.78. The molecule has 1 atom stereocenters. The maximum absolute atomic E-state index is 12.9. The third-order valence-electron chi connectivity index (χ3n) is 4.30. The molecule has 7 heteroatoms. The summed E-state index contributed by atoms with van der Waals surface area (Å²) in [6, 6.07) is 4.20. The number of benzene rings is 1. The molecule has 116 valence electrons. The van der Waals surface area contributed by atoms with E-state index >= 15 is 0 Å². The number of sulfonamides is 1. The van der Waals surface area contributed by atoms with E-state index in [0.717, 1.165) is 6.42 Å². The molecule has 0 radical (unpaired) electrons. The Balaban J connectivity index is 2.02. The molecule has 1 heterocycles. The Morgan fingerprint density at radius 3 is 2.76 bits per heavy atom. The van der Waals surface area contributed by atoms with Gasteiger partial charge in [0.15, 0.2) is 0 Å². The third-order valence-corrected chi connectivity index (χ3v) is 6.46. The van der Waals surface area contributed by atoms with E-state index < -0.39 is 15.6 Å². The van der Waals surface area contributed by atoms with E-state index in [2.05, 4.69) is 0 Å². The van der Waals surface area contributed by atoms with Crippen LogP contribution in [0.25, 0.3) is 0 Å². The van der Waals surface area contributed by atoms with Crippen LogP contribution in [0.3, 0.4) is 0 Å². The Hall–Kier alpha value is -0.820. The number of nitrogens with zero attached hydrogens (tertiary/aromatic N) is 1. The van der Waals surface area contributed by atoms with Crippen molar-refractivity contribution in [1.29, 1.82) is 0 Å². The number of hydrogen-bond acceptors (Lipinski definition) is 4. The van der Waals surface area contributed by atoms with Crippen molar-refractivity contribution in [2.45, 2.75) is 42.2 Å². The van der Waals surface area contributed by atoms with Crippen LogP contribution in [0.2, 0.25) is 5.02 Å². The van der Waals surface area contributed by atoms with Gasteiger partial charge in [-0.1, -0.05) is 11.6 Å². The SMILES string of the molecule is COc1ccc(Cl)cc1S(=O)(=O)N1CCCC1C1(O)CC1. The Bertz CT molecular complexity index is 657. The first-order valence-corrected chi connectivity index (χ1v) is 8.78. The summed E-state index contributed by atoms with van der Waals surface area (Å²) in [4.78, 5) is 0.0636. The van der Waals surface area contributed by atoms with Crippen molar-refractivity contribution in [2.75, 3.05) is 13.7 Å². The first kappa shape index (κ1) is 15.1. The maximum Gasteiger partial charge on any atom is 0.247 e. The van der Waals surface area contributed by atoms with Crippen molar-refractivity contribution in [3.63, 3.8) is 0 Å². The van der Waals surface area contributed by atoms with E-state index in [0.29, 0.717) is 30.8 Å². The van der Waals surface area contributed by atoms with E-state index in [-0.39, 0.29) is 16.7 Å². The van der Waals surface area contributed by atoms with Gasteiger partial charge in [0, 0.05) is 11.6 Å². The fourth-order valence-electron chi connectivity index (χ4n) is 3.00. The lowest BCUT2D eigenvalue weighted by molar-refractivity contribution is 0.0825. The summed E-state index contributed by atoms with van der Waals surface area (Å²) >= 11 is 5.94. The van der Waals surface area contributed by atoms with Gasteiger partial charge in [-0.15, -0.1) is 0 Å². The molecule has 1 N–H and O–H groups in total. The highest BCUT2D eigenvalue weighted by molar-refractivity contribution is 7.89. The van der Waals surface area contributed by atoms with Gasteiger partial charge in [-0.05, 0) is 43.9 Å². The summed E-state index contributed by atoms with van der Waals surface area (Å²) in [5, 5.41) is 10.7.